The largest absolute Gasteiger partial charge is 0.456 e. The quantitative estimate of drug-likeness (QED) is 0.633. The molecule has 0 spiro atoms. The number of nitrogens with zero attached hydrogens (tertiary/aromatic N) is 2. The van der Waals surface area contributed by atoms with E-state index >= 15 is 0 Å². The molecule has 3 heteroatoms. The Morgan fingerprint density at radius 2 is 1.14 bits per heavy atom. The standard InChI is InChI=1S/C25H36N2O/c1-25(2)21-15-7-11-19(13-9-17-26(3)4)23(21)28-24-20(12-8-16-22(24)25)14-10-18-27(5)6/h7-8,11-12,15-16H,9-10,13-14,17-18H2,1-6H3. The molecule has 0 aliphatic carbocycles. The molecule has 2 aromatic rings. The fraction of sp³-hybridized carbons (Fsp3) is 0.520. The minimum absolute atomic E-state index is 0.0436. The van der Waals surface area contributed by atoms with Crippen LogP contribution in [-0.2, 0) is 18.3 Å². The predicted molar refractivity (Wildman–Crippen MR) is 119 cm³/mol. The summed E-state index contributed by atoms with van der Waals surface area (Å²) < 4.78 is 6.66. The van der Waals surface area contributed by atoms with Crippen LogP contribution in [0.2, 0.25) is 0 Å². The Balaban J connectivity index is 1.93. The molecule has 0 unspecified atom stereocenters. The lowest BCUT2D eigenvalue weighted by Crippen LogP contribution is -2.26. The predicted octanol–water partition coefficient (Wildman–Crippen LogP) is 5.11. The fourth-order valence-electron chi connectivity index (χ4n) is 4.21. The van der Waals surface area contributed by atoms with Crippen molar-refractivity contribution >= 4 is 0 Å². The number of hydrogen-bond acceptors (Lipinski definition) is 3. The zero-order chi connectivity index (χ0) is 20.3. The van der Waals surface area contributed by atoms with Gasteiger partial charge in [0.05, 0.1) is 0 Å². The van der Waals surface area contributed by atoms with Crippen molar-refractivity contribution in [1.29, 1.82) is 0 Å². The van der Waals surface area contributed by atoms with Crippen LogP contribution in [0, 0.1) is 0 Å². The van der Waals surface area contributed by atoms with Crippen LogP contribution in [-0.4, -0.2) is 51.1 Å². The van der Waals surface area contributed by atoms with E-state index in [2.05, 4.69) is 88.2 Å². The Morgan fingerprint density at radius 3 is 1.54 bits per heavy atom. The number of benzene rings is 2. The Bertz CT molecular complexity index is 743. The molecule has 3 nitrogen and oxygen atoms in total. The highest BCUT2D eigenvalue weighted by Gasteiger charge is 2.36. The molecule has 152 valence electrons. The maximum atomic E-state index is 6.66. The van der Waals surface area contributed by atoms with Crippen LogP contribution in [0.5, 0.6) is 11.5 Å². The SMILES string of the molecule is CN(C)CCCc1cccc2c1Oc1c(CCCN(C)C)cccc1C2(C)C. The third-order valence-corrected chi connectivity index (χ3v) is 5.85. The summed E-state index contributed by atoms with van der Waals surface area (Å²) in [5, 5.41) is 0. The molecule has 0 bridgehead atoms. The van der Waals surface area contributed by atoms with E-state index in [-0.39, 0.29) is 5.41 Å². The number of fused-ring (bicyclic) bond motifs is 2. The van der Waals surface area contributed by atoms with Gasteiger partial charge in [-0.25, -0.2) is 0 Å². The number of para-hydroxylation sites is 2. The Hall–Kier alpha value is -1.84. The van der Waals surface area contributed by atoms with E-state index in [1.54, 1.807) is 0 Å². The van der Waals surface area contributed by atoms with E-state index in [1.807, 2.05) is 0 Å². The van der Waals surface area contributed by atoms with Gasteiger partial charge < -0.3 is 14.5 Å². The zero-order valence-electron chi connectivity index (χ0n) is 18.5. The Kier molecular flexibility index (Phi) is 6.47. The summed E-state index contributed by atoms with van der Waals surface area (Å²) in [6.45, 7) is 6.86. The second-order valence-corrected chi connectivity index (χ2v) is 9.13. The van der Waals surface area contributed by atoms with Gasteiger partial charge in [0, 0.05) is 16.5 Å². The first-order valence-electron chi connectivity index (χ1n) is 10.5. The topological polar surface area (TPSA) is 15.7 Å². The minimum Gasteiger partial charge on any atom is -0.456 e. The number of aryl methyl sites for hydroxylation is 2. The Morgan fingerprint density at radius 1 is 0.714 bits per heavy atom. The van der Waals surface area contributed by atoms with Crippen molar-refractivity contribution < 1.29 is 4.74 Å². The molecule has 0 N–H and O–H groups in total. The van der Waals surface area contributed by atoms with Crippen LogP contribution in [0.4, 0.5) is 0 Å². The molecule has 0 atom stereocenters. The zero-order valence-corrected chi connectivity index (χ0v) is 18.5. The molecule has 0 fully saturated rings. The summed E-state index contributed by atoms with van der Waals surface area (Å²) in [4.78, 5) is 4.50. The molecule has 2 aromatic carbocycles. The van der Waals surface area contributed by atoms with Gasteiger partial charge in [0.2, 0.25) is 0 Å². The van der Waals surface area contributed by atoms with Gasteiger partial charge in [0.15, 0.2) is 0 Å². The van der Waals surface area contributed by atoms with E-state index in [9.17, 15) is 0 Å². The average Bonchev–Trinajstić information content (AvgIpc) is 2.62. The molecule has 0 radical (unpaired) electrons. The molecule has 0 aromatic heterocycles. The maximum absolute atomic E-state index is 6.66. The van der Waals surface area contributed by atoms with Gasteiger partial charge in [0.1, 0.15) is 11.5 Å². The van der Waals surface area contributed by atoms with Crippen molar-refractivity contribution in [3.8, 4) is 11.5 Å². The van der Waals surface area contributed by atoms with Gasteiger partial charge >= 0.3 is 0 Å². The molecule has 1 heterocycles. The second kappa shape index (κ2) is 8.67. The first kappa shape index (κ1) is 20.9. The van der Waals surface area contributed by atoms with E-state index in [1.165, 1.54) is 22.3 Å². The van der Waals surface area contributed by atoms with E-state index in [0.717, 1.165) is 50.3 Å². The van der Waals surface area contributed by atoms with Gasteiger partial charge in [-0.1, -0.05) is 50.2 Å². The summed E-state index contributed by atoms with van der Waals surface area (Å²) in [7, 11) is 8.54. The highest BCUT2D eigenvalue weighted by molar-refractivity contribution is 5.61. The highest BCUT2D eigenvalue weighted by atomic mass is 16.5. The minimum atomic E-state index is -0.0436. The van der Waals surface area contributed by atoms with Crippen molar-refractivity contribution in [2.45, 2.75) is 44.9 Å². The fourth-order valence-corrected chi connectivity index (χ4v) is 4.21. The molecule has 0 amide bonds. The van der Waals surface area contributed by atoms with Crippen LogP contribution in [0.1, 0.15) is 48.9 Å². The maximum Gasteiger partial charge on any atom is 0.134 e. The smallest absolute Gasteiger partial charge is 0.134 e. The summed E-state index contributed by atoms with van der Waals surface area (Å²) in [5.41, 5.74) is 5.25. The molecular formula is C25H36N2O. The van der Waals surface area contributed by atoms with Gasteiger partial charge in [-0.15, -0.1) is 0 Å². The monoisotopic (exact) mass is 380 g/mol. The molecule has 0 saturated carbocycles. The van der Waals surface area contributed by atoms with Crippen LogP contribution in [0.25, 0.3) is 0 Å². The lowest BCUT2D eigenvalue weighted by molar-refractivity contribution is 0.385. The van der Waals surface area contributed by atoms with E-state index in [0.29, 0.717) is 0 Å². The Labute approximate surface area is 171 Å². The van der Waals surface area contributed by atoms with Crippen molar-refractivity contribution in [3.05, 3.63) is 58.7 Å². The average molecular weight is 381 g/mol. The number of hydrogen-bond donors (Lipinski definition) is 0. The molecule has 0 saturated heterocycles. The first-order valence-corrected chi connectivity index (χ1v) is 10.5. The van der Waals surface area contributed by atoms with Gasteiger partial charge in [-0.3, -0.25) is 0 Å². The normalized spacial score (nSPS) is 14.7. The van der Waals surface area contributed by atoms with Gasteiger partial charge in [-0.05, 0) is 78.1 Å². The summed E-state index contributed by atoms with van der Waals surface area (Å²) in [6, 6.07) is 13.4. The van der Waals surface area contributed by atoms with Crippen LogP contribution in [0.15, 0.2) is 36.4 Å². The molecule has 3 rings (SSSR count). The van der Waals surface area contributed by atoms with Crippen LogP contribution < -0.4 is 4.74 Å². The van der Waals surface area contributed by atoms with Crippen molar-refractivity contribution in [1.82, 2.24) is 9.80 Å². The summed E-state index contributed by atoms with van der Waals surface area (Å²) in [6.07, 6.45) is 4.39. The van der Waals surface area contributed by atoms with Crippen molar-refractivity contribution in [2.24, 2.45) is 0 Å². The molecular weight excluding hydrogens is 344 g/mol. The van der Waals surface area contributed by atoms with Gasteiger partial charge in [-0.2, -0.15) is 0 Å². The van der Waals surface area contributed by atoms with Crippen molar-refractivity contribution in [2.75, 3.05) is 41.3 Å². The van der Waals surface area contributed by atoms with E-state index < -0.39 is 0 Å². The van der Waals surface area contributed by atoms with Crippen molar-refractivity contribution in [3.63, 3.8) is 0 Å². The highest BCUT2D eigenvalue weighted by Crippen LogP contribution is 2.50. The lowest BCUT2D eigenvalue weighted by Gasteiger charge is -2.36. The van der Waals surface area contributed by atoms with E-state index in [4.69, 9.17) is 4.74 Å². The second-order valence-electron chi connectivity index (χ2n) is 9.13. The van der Waals surface area contributed by atoms with Gasteiger partial charge in [0.25, 0.3) is 0 Å². The number of ether oxygens (including phenoxy) is 1. The third kappa shape index (κ3) is 4.42. The molecule has 1 aliphatic heterocycles. The summed E-state index contributed by atoms with van der Waals surface area (Å²) in [5.74, 6) is 2.19. The molecule has 1 aliphatic rings. The number of rotatable bonds is 8. The first-order chi connectivity index (χ1) is 13.3. The third-order valence-electron chi connectivity index (χ3n) is 5.85. The van der Waals surface area contributed by atoms with Crippen LogP contribution in [0.3, 0.4) is 0 Å². The lowest BCUT2D eigenvalue weighted by atomic mass is 9.74. The van der Waals surface area contributed by atoms with Crippen LogP contribution >= 0.6 is 0 Å². The summed E-state index contributed by atoms with van der Waals surface area (Å²) >= 11 is 0. The molecule has 28 heavy (non-hydrogen) atoms.